The van der Waals surface area contributed by atoms with Crippen LogP contribution in [-0.2, 0) is 11.2 Å². The lowest BCUT2D eigenvalue weighted by molar-refractivity contribution is -0.00355. The first-order chi connectivity index (χ1) is 9.15. The highest BCUT2D eigenvalue weighted by molar-refractivity contribution is 7.09. The van der Waals surface area contributed by atoms with Crippen molar-refractivity contribution in [2.24, 2.45) is 5.92 Å². The summed E-state index contributed by atoms with van der Waals surface area (Å²) < 4.78 is 5.43. The van der Waals surface area contributed by atoms with Gasteiger partial charge in [0.15, 0.2) is 0 Å². The van der Waals surface area contributed by atoms with E-state index in [9.17, 15) is 4.79 Å². The Kier molecular flexibility index (Phi) is 5.22. The van der Waals surface area contributed by atoms with Crippen molar-refractivity contribution in [1.29, 1.82) is 0 Å². The van der Waals surface area contributed by atoms with E-state index in [1.807, 2.05) is 11.8 Å². The minimum absolute atomic E-state index is 0.0354. The molecule has 1 aromatic heterocycles. The average molecular weight is 282 g/mol. The molecule has 0 aliphatic carbocycles. The predicted octanol–water partition coefficient (Wildman–Crippen LogP) is 2.36. The molecule has 4 nitrogen and oxygen atoms in total. The number of rotatable bonds is 4. The molecule has 1 saturated heterocycles. The first-order valence-electron chi connectivity index (χ1n) is 6.82. The van der Waals surface area contributed by atoms with Gasteiger partial charge >= 0.3 is 6.03 Å². The summed E-state index contributed by atoms with van der Waals surface area (Å²) in [5, 5.41) is 5.11. The lowest BCUT2D eigenvalue weighted by atomic mass is 10.1. The average Bonchev–Trinajstić information content (AvgIpc) is 2.88. The molecule has 0 radical (unpaired) electrons. The number of carbonyl (C=O) groups excluding carboxylic acids is 1. The number of nitrogens with zero attached hydrogens (tertiary/aromatic N) is 1. The van der Waals surface area contributed by atoms with Crippen molar-refractivity contribution in [1.82, 2.24) is 10.2 Å². The fourth-order valence-corrected chi connectivity index (χ4v) is 3.09. The van der Waals surface area contributed by atoms with E-state index in [0.717, 1.165) is 13.0 Å². The smallest absolute Gasteiger partial charge is 0.317 e. The molecule has 1 N–H and O–H groups in total. The Morgan fingerprint density at radius 1 is 1.68 bits per heavy atom. The van der Waals surface area contributed by atoms with Crippen LogP contribution in [0.25, 0.3) is 0 Å². The fourth-order valence-electron chi connectivity index (χ4n) is 2.22. The monoisotopic (exact) mass is 282 g/mol. The maximum absolute atomic E-state index is 12.0. The minimum atomic E-state index is 0.0354. The van der Waals surface area contributed by atoms with Gasteiger partial charge in [-0.2, -0.15) is 0 Å². The predicted molar refractivity (Wildman–Crippen MR) is 77.6 cm³/mol. The molecule has 2 rings (SSSR count). The normalized spacial score (nSPS) is 21.2. The molecular formula is C14H22N2O2S. The molecule has 0 bridgehead atoms. The van der Waals surface area contributed by atoms with Gasteiger partial charge in [0.1, 0.15) is 0 Å². The Morgan fingerprint density at radius 3 is 3.21 bits per heavy atom. The Morgan fingerprint density at radius 2 is 2.53 bits per heavy atom. The summed E-state index contributed by atoms with van der Waals surface area (Å²) >= 11 is 1.77. The van der Waals surface area contributed by atoms with Crippen molar-refractivity contribution < 1.29 is 9.53 Å². The molecule has 1 aliphatic rings. The van der Waals surface area contributed by atoms with Crippen LogP contribution in [-0.4, -0.2) is 43.3 Å². The van der Waals surface area contributed by atoms with Crippen LogP contribution in [0, 0.1) is 5.92 Å². The zero-order chi connectivity index (χ0) is 13.7. The third-order valence-electron chi connectivity index (χ3n) is 3.26. The van der Waals surface area contributed by atoms with Crippen molar-refractivity contribution in [2.45, 2.75) is 26.4 Å². The van der Waals surface area contributed by atoms with Crippen LogP contribution in [0.5, 0.6) is 0 Å². The van der Waals surface area contributed by atoms with E-state index in [4.69, 9.17) is 4.74 Å². The van der Waals surface area contributed by atoms with Crippen LogP contribution in [0.2, 0.25) is 0 Å². The molecule has 2 atom stereocenters. The van der Waals surface area contributed by atoms with Gasteiger partial charge in [-0.25, -0.2) is 4.79 Å². The van der Waals surface area contributed by atoms with E-state index in [0.29, 0.717) is 25.6 Å². The molecule has 19 heavy (non-hydrogen) atoms. The van der Waals surface area contributed by atoms with Gasteiger partial charge in [-0.1, -0.05) is 13.0 Å². The van der Waals surface area contributed by atoms with Crippen molar-refractivity contribution in [3.8, 4) is 0 Å². The van der Waals surface area contributed by atoms with E-state index in [-0.39, 0.29) is 12.1 Å². The molecule has 0 spiro atoms. The first kappa shape index (κ1) is 14.3. The lowest BCUT2D eigenvalue weighted by Gasteiger charge is -2.31. The number of carbonyl (C=O) groups is 1. The maximum Gasteiger partial charge on any atom is 0.317 e. The summed E-state index contributed by atoms with van der Waals surface area (Å²) in [5.41, 5.74) is 0. The quantitative estimate of drug-likeness (QED) is 0.921. The number of hydrogen-bond acceptors (Lipinski definition) is 3. The number of hydrogen-bond donors (Lipinski definition) is 1. The Labute approximate surface area is 118 Å². The third kappa shape index (κ3) is 4.51. The van der Waals surface area contributed by atoms with Crippen LogP contribution in [0.3, 0.4) is 0 Å². The van der Waals surface area contributed by atoms with Crippen LogP contribution < -0.4 is 5.32 Å². The topological polar surface area (TPSA) is 41.6 Å². The van der Waals surface area contributed by atoms with E-state index in [1.54, 1.807) is 11.3 Å². The number of urea groups is 1. The second kappa shape index (κ2) is 6.91. The van der Waals surface area contributed by atoms with Crippen molar-refractivity contribution in [3.05, 3.63) is 22.4 Å². The van der Waals surface area contributed by atoms with Gasteiger partial charge in [-0.3, -0.25) is 0 Å². The molecule has 1 aliphatic heterocycles. The highest BCUT2D eigenvalue weighted by Gasteiger charge is 2.21. The van der Waals surface area contributed by atoms with Crippen LogP contribution in [0.4, 0.5) is 4.79 Å². The summed E-state index contributed by atoms with van der Waals surface area (Å²) in [5.74, 6) is 0.459. The largest absolute Gasteiger partial charge is 0.375 e. The Hall–Kier alpha value is -1.07. The van der Waals surface area contributed by atoms with Crippen LogP contribution in [0.1, 0.15) is 18.7 Å². The lowest BCUT2D eigenvalue weighted by Crippen LogP contribution is -2.49. The molecule has 1 aromatic rings. The molecule has 2 heterocycles. The van der Waals surface area contributed by atoms with Crippen LogP contribution >= 0.6 is 11.3 Å². The minimum Gasteiger partial charge on any atom is -0.375 e. The second-order valence-corrected chi connectivity index (χ2v) is 6.23. The summed E-state index contributed by atoms with van der Waals surface area (Å²) in [7, 11) is 0. The maximum atomic E-state index is 12.0. The number of thiophene rings is 1. The molecule has 106 valence electrons. The van der Waals surface area contributed by atoms with Gasteiger partial charge in [-0.05, 0) is 30.7 Å². The summed E-state index contributed by atoms with van der Waals surface area (Å²) in [6.07, 6.45) is 1.17. The Bertz CT molecular complexity index is 394. The van der Waals surface area contributed by atoms with E-state index >= 15 is 0 Å². The van der Waals surface area contributed by atoms with E-state index in [2.05, 4.69) is 29.8 Å². The van der Waals surface area contributed by atoms with Crippen molar-refractivity contribution in [3.63, 3.8) is 0 Å². The van der Waals surface area contributed by atoms with Gasteiger partial charge < -0.3 is 15.0 Å². The standard InChI is InChI=1S/C14H22N2O2S/c1-11(8-13-4-3-7-19-13)9-15-14(17)16-5-6-18-12(2)10-16/h3-4,7,11-12H,5-6,8-10H2,1-2H3,(H,15,17). The molecule has 1 fully saturated rings. The summed E-state index contributed by atoms with van der Waals surface area (Å²) in [6, 6.07) is 4.25. The van der Waals surface area contributed by atoms with Crippen molar-refractivity contribution in [2.75, 3.05) is 26.2 Å². The molecule has 2 unspecified atom stereocenters. The van der Waals surface area contributed by atoms with Crippen molar-refractivity contribution >= 4 is 17.4 Å². The molecule has 2 amide bonds. The molecular weight excluding hydrogens is 260 g/mol. The fraction of sp³-hybridized carbons (Fsp3) is 0.643. The SMILES string of the molecule is CC(CNC(=O)N1CCOC(C)C1)Cc1cccs1. The molecule has 0 aromatic carbocycles. The Balaban J connectivity index is 1.70. The van der Waals surface area contributed by atoms with Gasteiger partial charge in [-0.15, -0.1) is 11.3 Å². The first-order valence-corrected chi connectivity index (χ1v) is 7.70. The number of ether oxygens (including phenoxy) is 1. The number of amides is 2. The van der Waals surface area contributed by atoms with Crippen LogP contribution in [0.15, 0.2) is 17.5 Å². The van der Waals surface area contributed by atoms with E-state index in [1.165, 1.54) is 4.88 Å². The van der Waals surface area contributed by atoms with Gasteiger partial charge in [0, 0.05) is 24.5 Å². The zero-order valence-electron chi connectivity index (χ0n) is 11.6. The summed E-state index contributed by atoms with van der Waals surface area (Å²) in [4.78, 5) is 15.2. The highest BCUT2D eigenvalue weighted by Crippen LogP contribution is 2.14. The summed E-state index contributed by atoms with van der Waals surface area (Å²) in [6.45, 7) is 6.91. The third-order valence-corrected chi connectivity index (χ3v) is 4.16. The second-order valence-electron chi connectivity index (χ2n) is 5.20. The van der Waals surface area contributed by atoms with Gasteiger partial charge in [0.25, 0.3) is 0 Å². The number of morpholine rings is 1. The number of nitrogens with one attached hydrogen (secondary N) is 1. The molecule has 5 heteroatoms. The molecule has 0 saturated carbocycles. The van der Waals surface area contributed by atoms with E-state index < -0.39 is 0 Å². The highest BCUT2D eigenvalue weighted by atomic mass is 32.1. The van der Waals surface area contributed by atoms with Gasteiger partial charge in [0.05, 0.1) is 12.7 Å². The zero-order valence-corrected chi connectivity index (χ0v) is 12.4. The van der Waals surface area contributed by atoms with Gasteiger partial charge in [0.2, 0.25) is 0 Å².